The summed E-state index contributed by atoms with van der Waals surface area (Å²) < 4.78 is 11.9. The highest BCUT2D eigenvalue weighted by Crippen LogP contribution is 2.51. The number of amides is 1. The maximum Gasteiger partial charge on any atom is 0.410 e. The first-order chi connectivity index (χ1) is 14.9. The Morgan fingerprint density at radius 1 is 1.22 bits per heavy atom. The van der Waals surface area contributed by atoms with Crippen molar-refractivity contribution in [2.75, 3.05) is 19.7 Å². The highest BCUT2D eigenvalue weighted by Gasteiger charge is 2.56. The number of ether oxygens (including phenoxy) is 2. The van der Waals surface area contributed by atoms with Gasteiger partial charge in [-0.1, -0.05) is 24.4 Å². The summed E-state index contributed by atoms with van der Waals surface area (Å²) in [7, 11) is 0. The van der Waals surface area contributed by atoms with E-state index >= 15 is 0 Å². The second kappa shape index (κ2) is 9.06. The summed E-state index contributed by atoms with van der Waals surface area (Å²) in [5.41, 5.74) is -2.69. The molecular formula is C23H33ClN2O6. The van der Waals surface area contributed by atoms with E-state index in [1.54, 1.807) is 11.8 Å². The van der Waals surface area contributed by atoms with E-state index in [4.69, 9.17) is 21.1 Å². The van der Waals surface area contributed by atoms with Crippen molar-refractivity contribution in [3.63, 3.8) is 0 Å². The summed E-state index contributed by atoms with van der Waals surface area (Å²) in [6.45, 7) is 8.04. The Labute approximate surface area is 193 Å². The number of hydrogen-bond donors (Lipinski definition) is 1. The van der Waals surface area contributed by atoms with Crippen LogP contribution in [-0.4, -0.2) is 57.5 Å². The minimum absolute atomic E-state index is 0.0115. The summed E-state index contributed by atoms with van der Waals surface area (Å²) in [4.78, 5) is 39.3. The minimum Gasteiger partial charge on any atom is -0.462 e. The van der Waals surface area contributed by atoms with E-state index in [1.807, 2.05) is 20.8 Å². The zero-order valence-electron chi connectivity index (χ0n) is 19.3. The summed E-state index contributed by atoms with van der Waals surface area (Å²) in [5.74, 6) is -0.617. The molecule has 178 valence electrons. The number of hydrogen-bond acceptors (Lipinski definition) is 6. The van der Waals surface area contributed by atoms with Crippen LogP contribution in [0.4, 0.5) is 4.79 Å². The Kier molecular flexibility index (Phi) is 6.96. The van der Waals surface area contributed by atoms with Gasteiger partial charge in [-0.15, -0.1) is 0 Å². The third-order valence-corrected chi connectivity index (χ3v) is 6.80. The van der Waals surface area contributed by atoms with Gasteiger partial charge in [-0.25, -0.2) is 9.59 Å². The molecule has 8 nitrogen and oxygen atoms in total. The molecule has 2 fully saturated rings. The minimum atomic E-state index is -1.22. The predicted molar refractivity (Wildman–Crippen MR) is 120 cm³/mol. The number of nitrogens with zero attached hydrogens (tertiary/aromatic N) is 2. The van der Waals surface area contributed by atoms with Gasteiger partial charge in [-0.3, -0.25) is 4.79 Å². The topological polar surface area (TPSA) is 98.1 Å². The van der Waals surface area contributed by atoms with Gasteiger partial charge in [-0.2, -0.15) is 0 Å². The van der Waals surface area contributed by atoms with Gasteiger partial charge in [0, 0.05) is 30.8 Å². The van der Waals surface area contributed by atoms with Gasteiger partial charge >= 0.3 is 12.1 Å². The summed E-state index contributed by atoms with van der Waals surface area (Å²) in [5, 5.41) is 11.9. The second-order valence-electron chi connectivity index (χ2n) is 9.89. The molecule has 1 aromatic heterocycles. The molecule has 1 spiro atoms. The molecule has 0 bridgehead atoms. The largest absolute Gasteiger partial charge is 0.462 e. The average Bonchev–Trinajstić information content (AvgIpc) is 3.15. The molecule has 1 aromatic rings. The molecule has 0 unspecified atom stereocenters. The number of aliphatic hydroxyl groups is 1. The van der Waals surface area contributed by atoms with E-state index < -0.39 is 28.1 Å². The molecule has 2 heterocycles. The lowest BCUT2D eigenvalue weighted by atomic mass is 9.66. The number of esters is 1. The van der Waals surface area contributed by atoms with Crippen LogP contribution in [0.3, 0.4) is 0 Å². The highest BCUT2D eigenvalue weighted by atomic mass is 35.5. The lowest BCUT2D eigenvalue weighted by Crippen LogP contribution is -2.62. The van der Waals surface area contributed by atoms with E-state index in [-0.39, 0.29) is 29.8 Å². The number of carbonyl (C=O) groups excluding carboxylic acids is 2. The molecule has 1 saturated carbocycles. The second-order valence-corrected chi connectivity index (χ2v) is 10.3. The van der Waals surface area contributed by atoms with E-state index in [2.05, 4.69) is 0 Å². The Bertz CT molecular complexity index is 931. The molecule has 1 N–H and O–H groups in total. The Balaban J connectivity index is 1.89. The summed E-state index contributed by atoms with van der Waals surface area (Å²) in [6.07, 6.45) is 4.65. The number of pyridine rings is 1. The maximum absolute atomic E-state index is 12.7. The van der Waals surface area contributed by atoms with Gasteiger partial charge in [0.15, 0.2) is 0 Å². The van der Waals surface area contributed by atoms with Crippen molar-refractivity contribution < 1.29 is 24.2 Å². The van der Waals surface area contributed by atoms with Crippen LogP contribution in [0.5, 0.6) is 0 Å². The van der Waals surface area contributed by atoms with Crippen molar-refractivity contribution in [3.8, 4) is 0 Å². The average molecular weight is 469 g/mol. The molecule has 1 saturated heterocycles. The first-order valence-corrected chi connectivity index (χ1v) is 11.5. The van der Waals surface area contributed by atoms with Crippen LogP contribution < -0.4 is 5.56 Å². The first kappa shape index (κ1) is 24.6. The van der Waals surface area contributed by atoms with Gasteiger partial charge in [0.25, 0.3) is 5.56 Å². The number of aromatic nitrogens is 1. The molecular weight excluding hydrogens is 436 g/mol. The molecule has 3 rings (SSSR count). The van der Waals surface area contributed by atoms with Crippen molar-refractivity contribution in [2.24, 2.45) is 5.41 Å². The molecule has 1 amide bonds. The predicted octanol–water partition coefficient (Wildman–Crippen LogP) is 3.61. The molecule has 0 radical (unpaired) electrons. The number of piperidine rings is 1. The highest BCUT2D eigenvalue weighted by molar-refractivity contribution is 6.33. The Morgan fingerprint density at radius 3 is 2.47 bits per heavy atom. The van der Waals surface area contributed by atoms with E-state index in [0.717, 1.165) is 25.7 Å². The molecule has 0 aromatic carbocycles. The van der Waals surface area contributed by atoms with Gasteiger partial charge in [0.05, 0.1) is 29.3 Å². The van der Waals surface area contributed by atoms with Gasteiger partial charge in [-0.05, 0) is 47.0 Å². The fourth-order valence-corrected chi connectivity index (χ4v) is 5.11. The molecule has 32 heavy (non-hydrogen) atoms. The zero-order chi connectivity index (χ0) is 23.7. The standard InChI is InChI=1S/C23H33ClN2O6/c1-5-31-19(28)16-13-26(18(27)12-17(16)24)15-23(30)10-11-25(20(29)32-21(2,3)4)14-22(23)8-6-7-9-22/h12-13,30H,5-11,14-15H2,1-4H3/t23-/m0/s1. The quantitative estimate of drug-likeness (QED) is 0.678. The maximum atomic E-state index is 12.7. The molecule has 1 atom stereocenters. The van der Waals surface area contributed by atoms with Crippen molar-refractivity contribution >= 4 is 23.7 Å². The summed E-state index contributed by atoms with van der Waals surface area (Å²) >= 11 is 6.10. The van der Waals surface area contributed by atoms with E-state index in [0.29, 0.717) is 19.5 Å². The molecule has 1 aliphatic heterocycles. The van der Waals surface area contributed by atoms with Crippen LogP contribution >= 0.6 is 11.6 Å². The van der Waals surface area contributed by atoms with Crippen LogP contribution in [-0.2, 0) is 16.0 Å². The first-order valence-electron chi connectivity index (χ1n) is 11.2. The van der Waals surface area contributed by atoms with Crippen LogP contribution in [0.1, 0.15) is 70.2 Å². The molecule has 9 heteroatoms. The lowest BCUT2D eigenvalue weighted by molar-refractivity contribution is -0.140. The number of likely N-dealkylation sites (tertiary alicyclic amines) is 1. The van der Waals surface area contributed by atoms with Crippen molar-refractivity contribution in [1.82, 2.24) is 9.47 Å². The number of rotatable bonds is 4. The zero-order valence-corrected chi connectivity index (χ0v) is 20.0. The van der Waals surface area contributed by atoms with Gasteiger partial charge in [0.2, 0.25) is 0 Å². The van der Waals surface area contributed by atoms with Crippen LogP contribution in [0, 0.1) is 5.41 Å². The summed E-state index contributed by atoms with van der Waals surface area (Å²) in [6, 6.07) is 1.17. The van der Waals surface area contributed by atoms with Crippen LogP contribution in [0.15, 0.2) is 17.1 Å². The number of carbonyl (C=O) groups is 2. The van der Waals surface area contributed by atoms with Crippen molar-refractivity contribution in [1.29, 1.82) is 0 Å². The Hall–Kier alpha value is -2.06. The van der Waals surface area contributed by atoms with Crippen LogP contribution in [0.25, 0.3) is 0 Å². The molecule has 1 aliphatic carbocycles. The van der Waals surface area contributed by atoms with Crippen LogP contribution in [0.2, 0.25) is 5.02 Å². The third kappa shape index (κ3) is 4.96. The van der Waals surface area contributed by atoms with Crippen molar-refractivity contribution in [2.45, 2.75) is 77.5 Å². The smallest absolute Gasteiger partial charge is 0.410 e. The third-order valence-electron chi connectivity index (χ3n) is 6.49. The monoisotopic (exact) mass is 468 g/mol. The van der Waals surface area contributed by atoms with Gasteiger partial charge < -0.3 is 24.0 Å². The molecule has 2 aliphatic rings. The number of halogens is 1. The Morgan fingerprint density at radius 2 is 1.88 bits per heavy atom. The fraction of sp³-hybridized carbons (Fsp3) is 0.696. The van der Waals surface area contributed by atoms with Crippen molar-refractivity contribution in [3.05, 3.63) is 33.2 Å². The van der Waals surface area contributed by atoms with E-state index in [1.165, 1.54) is 16.8 Å². The fourth-order valence-electron chi connectivity index (χ4n) is 4.90. The normalized spacial score (nSPS) is 22.8. The lowest BCUT2D eigenvalue weighted by Gasteiger charge is -2.52. The SMILES string of the molecule is CCOC(=O)c1cn(C[C@@]2(O)CCN(C(=O)OC(C)(C)C)CC23CCCC3)c(=O)cc1Cl. The van der Waals surface area contributed by atoms with Gasteiger partial charge in [0.1, 0.15) is 5.60 Å². The van der Waals surface area contributed by atoms with E-state index in [9.17, 15) is 19.5 Å².